The van der Waals surface area contributed by atoms with Gasteiger partial charge in [0.2, 0.25) is 0 Å². The molecule has 0 aliphatic carbocycles. The summed E-state index contributed by atoms with van der Waals surface area (Å²) in [6.07, 6.45) is 5.74. The van der Waals surface area contributed by atoms with Gasteiger partial charge in [-0.05, 0) is 46.9 Å². The van der Waals surface area contributed by atoms with E-state index in [9.17, 15) is 0 Å². The minimum Gasteiger partial charge on any atom is -0.222 e. The van der Waals surface area contributed by atoms with Crippen LogP contribution in [0.3, 0.4) is 0 Å². The quantitative estimate of drug-likeness (QED) is 0.490. The zero-order valence-electron chi connectivity index (χ0n) is 13.0. The molecule has 2 aromatic rings. The molecule has 2 aliphatic rings. The molecular formula is C18H15ClO4S2. The SMILES string of the molecule is C1=CC(C2=CSc3ccccc3C2)[SH+]c2ccccc21.[O-][Cl+3]([O-])([O-])[O-]. The van der Waals surface area contributed by atoms with E-state index < -0.39 is 10.2 Å². The highest BCUT2D eigenvalue weighted by molar-refractivity contribution is 8.02. The smallest absolute Gasteiger partial charge is 0.162 e. The molecule has 1 atom stereocenters. The molecule has 7 heteroatoms. The van der Waals surface area contributed by atoms with E-state index in [1.165, 1.54) is 32.7 Å². The number of rotatable bonds is 1. The van der Waals surface area contributed by atoms with Gasteiger partial charge in [-0.3, -0.25) is 0 Å². The number of hydrogen-bond acceptors (Lipinski definition) is 5. The van der Waals surface area contributed by atoms with E-state index in [1.54, 1.807) is 5.57 Å². The van der Waals surface area contributed by atoms with Crippen LogP contribution < -0.4 is 18.6 Å². The third-order valence-corrected chi connectivity index (χ3v) is 6.30. The van der Waals surface area contributed by atoms with Crippen molar-refractivity contribution in [1.29, 1.82) is 0 Å². The maximum absolute atomic E-state index is 8.49. The number of hydrogen-bond donors (Lipinski definition) is 0. The summed E-state index contributed by atoms with van der Waals surface area (Å²) in [6, 6.07) is 17.5. The van der Waals surface area contributed by atoms with Crippen molar-refractivity contribution in [2.75, 3.05) is 0 Å². The molecule has 0 N–H and O–H groups in total. The predicted octanol–water partition coefficient (Wildman–Crippen LogP) is -0.268. The van der Waals surface area contributed by atoms with Crippen LogP contribution in [0.5, 0.6) is 0 Å². The van der Waals surface area contributed by atoms with Crippen LogP contribution in [0.15, 0.2) is 75.4 Å². The Balaban J connectivity index is 0.000000324. The van der Waals surface area contributed by atoms with Crippen molar-refractivity contribution < 1.29 is 28.9 Å². The van der Waals surface area contributed by atoms with Gasteiger partial charge in [0, 0.05) is 28.6 Å². The molecule has 25 heavy (non-hydrogen) atoms. The first-order valence-corrected chi connectivity index (χ1v) is 10.5. The summed E-state index contributed by atoms with van der Waals surface area (Å²) in [6.45, 7) is 0. The predicted molar refractivity (Wildman–Crippen MR) is 90.4 cm³/mol. The lowest BCUT2D eigenvalue weighted by molar-refractivity contribution is -2.00. The van der Waals surface area contributed by atoms with Crippen LogP contribution >= 0.6 is 11.8 Å². The van der Waals surface area contributed by atoms with Gasteiger partial charge in [-0.1, -0.05) is 42.1 Å². The molecule has 0 spiro atoms. The fraction of sp³-hybridized carbons (Fsp3) is 0.111. The topological polar surface area (TPSA) is 92.2 Å². The zero-order chi connectivity index (χ0) is 17.9. The summed E-state index contributed by atoms with van der Waals surface area (Å²) < 4.78 is 34.0. The number of thioether (sulfide) groups is 1. The van der Waals surface area contributed by atoms with E-state index in [-0.39, 0.29) is 0 Å². The molecule has 130 valence electrons. The second-order valence-electron chi connectivity index (χ2n) is 5.46. The van der Waals surface area contributed by atoms with Crippen LogP contribution in [0.25, 0.3) is 6.08 Å². The van der Waals surface area contributed by atoms with Crippen molar-refractivity contribution in [1.82, 2.24) is 0 Å². The maximum Gasteiger partial charge on any atom is 0.162 e. The van der Waals surface area contributed by atoms with Crippen molar-refractivity contribution in [2.24, 2.45) is 0 Å². The molecule has 0 fully saturated rings. The second-order valence-corrected chi connectivity index (χ2v) is 8.43. The molecule has 2 aliphatic heterocycles. The first-order valence-electron chi connectivity index (χ1n) is 7.43. The monoisotopic (exact) mass is 394 g/mol. The van der Waals surface area contributed by atoms with E-state index in [2.05, 4.69) is 66.1 Å². The fourth-order valence-corrected chi connectivity index (χ4v) is 5.01. The van der Waals surface area contributed by atoms with Crippen molar-refractivity contribution in [3.05, 3.63) is 76.7 Å². The lowest BCUT2D eigenvalue weighted by atomic mass is 10.0. The van der Waals surface area contributed by atoms with Crippen molar-refractivity contribution in [3.63, 3.8) is 0 Å². The molecule has 1 unspecified atom stereocenters. The Hall–Kier alpha value is -1.25. The van der Waals surface area contributed by atoms with E-state index in [0.29, 0.717) is 5.25 Å². The van der Waals surface area contributed by atoms with E-state index >= 15 is 0 Å². The molecule has 2 heterocycles. The minimum absolute atomic E-state index is 0.533. The van der Waals surface area contributed by atoms with Crippen LogP contribution in [0.2, 0.25) is 0 Å². The normalized spacial score (nSPS) is 18.4. The molecule has 0 bridgehead atoms. The molecule has 0 saturated carbocycles. The van der Waals surface area contributed by atoms with Crippen molar-refractivity contribution in [2.45, 2.75) is 21.5 Å². The average molecular weight is 395 g/mol. The van der Waals surface area contributed by atoms with Gasteiger partial charge in [-0.2, -0.15) is 0 Å². The Labute approximate surface area is 156 Å². The highest BCUT2D eigenvalue weighted by atomic mass is 35.7. The Morgan fingerprint density at radius 1 is 0.960 bits per heavy atom. The van der Waals surface area contributed by atoms with Gasteiger partial charge in [0.05, 0.1) is 0 Å². The van der Waals surface area contributed by atoms with Gasteiger partial charge in [0.15, 0.2) is 10.1 Å². The van der Waals surface area contributed by atoms with E-state index in [4.69, 9.17) is 18.6 Å². The molecule has 4 rings (SSSR count). The molecule has 0 aromatic heterocycles. The number of fused-ring (bicyclic) bond motifs is 2. The van der Waals surface area contributed by atoms with Gasteiger partial charge in [0.1, 0.15) is 0 Å². The second kappa shape index (κ2) is 7.97. The van der Waals surface area contributed by atoms with Crippen LogP contribution in [-0.4, -0.2) is 5.25 Å². The minimum atomic E-state index is -4.94. The van der Waals surface area contributed by atoms with Crippen LogP contribution in [0.1, 0.15) is 11.1 Å². The van der Waals surface area contributed by atoms with Gasteiger partial charge >= 0.3 is 0 Å². The first-order chi connectivity index (χ1) is 11.9. The van der Waals surface area contributed by atoms with Crippen LogP contribution in [0, 0.1) is 10.2 Å². The summed E-state index contributed by atoms with van der Waals surface area (Å²) in [4.78, 5) is 2.86. The van der Waals surface area contributed by atoms with Crippen LogP contribution in [-0.2, 0) is 18.2 Å². The Morgan fingerprint density at radius 3 is 2.44 bits per heavy atom. The first kappa shape index (κ1) is 18.5. The molecule has 0 radical (unpaired) electrons. The summed E-state index contributed by atoms with van der Waals surface area (Å²) >= 11 is 3.29. The zero-order valence-corrected chi connectivity index (χ0v) is 15.5. The number of benzene rings is 2. The standard InChI is InChI=1S/C18H14S2.ClHO4/c1-4-8-17-13(5-1)9-10-18(20-17)15-11-14-6-2-3-7-16(14)19-12-15;2-1(3,4)5/h1-10,12,18H,11H2;(H,2,3,4,5). The van der Waals surface area contributed by atoms with Crippen molar-refractivity contribution in [3.8, 4) is 0 Å². The Bertz CT molecular complexity index is 809. The van der Waals surface area contributed by atoms with Gasteiger partial charge in [-0.25, -0.2) is 18.6 Å². The number of halogens is 1. The molecule has 0 saturated heterocycles. The van der Waals surface area contributed by atoms with Crippen molar-refractivity contribution >= 4 is 29.6 Å². The van der Waals surface area contributed by atoms with Gasteiger partial charge in [-0.15, -0.1) is 10.2 Å². The van der Waals surface area contributed by atoms with E-state index in [1.807, 2.05) is 11.8 Å². The summed E-state index contributed by atoms with van der Waals surface area (Å²) in [5, 5.41) is 2.89. The largest absolute Gasteiger partial charge is 0.222 e. The highest BCUT2D eigenvalue weighted by Crippen LogP contribution is 2.36. The van der Waals surface area contributed by atoms with E-state index in [0.717, 1.165) is 6.42 Å². The highest BCUT2D eigenvalue weighted by Gasteiger charge is 2.27. The molecule has 0 amide bonds. The Kier molecular flexibility index (Phi) is 5.91. The summed E-state index contributed by atoms with van der Waals surface area (Å²) in [7, 11) is -4.94. The molecule has 2 aromatic carbocycles. The third kappa shape index (κ3) is 5.36. The summed E-state index contributed by atoms with van der Waals surface area (Å²) in [5.74, 6) is 0. The van der Waals surface area contributed by atoms with Crippen LogP contribution in [0.4, 0.5) is 0 Å². The lowest BCUT2D eigenvalue weighted by Gasteiger charge is -2.20. The van der Waals surface area contributed by atoms with Gasteiger partial charge < -0.3 is 0 Å². The molecular weight excluding hydrogens is 380 g/mol. The summed E-state index contributed by atoms with van der Waals surface area (Å²) in [5.41, 5.74) is 4.38. The fourth-order valence-electron chi connectivity index (χ4n) is 2.68. The maximum atomic E-state index is 8.49. The average Bonchev–Trinajstić information content (AvgIpc) is 2.59. The lowest BCUT2D eigenvalue weighted by Crippen LogP contribution is -2.68. The Morgan fingerprint density at radius 2 is 1.64 bits per heavy atom. The molecule has 4 nitrogen and oxygen atoms in total. The van der Waals surface area contributed by atoms with Gasteiger partial charge in [0.25, 0.3) is 0 Å². The third-order valence-electron chi connectivity index (χ3n) is 3.76. The number of thiol groups is 1.